The lowest BCUT2D eigenvalue weighted by atomic mass is 10.1. The summed E-state index contributed by atoms with van der Waals surface area (Å²) in [5.41, 5.74) is 0.323. The molecule has 1 aliphatic rings. The standard InChI is InChI=1S/C13H17N3O3S/c1-20-12-3-2-9(8-11(12)16(18)19)13(17)15-10-4-6-14-7-5-10/h2-3,8,10,14H,4-7H2,1H3,(H,15,17). The predicted molar refractivity (Wildman–Crippen MR) is 78.2 cm³/mol. The lowest BCUT2D eigenvalue weighted by Crippen LogP contribution is -2.42. The Bertz CT molecular complexity index is 516. The van der Waals surface area contributed by atoms with Crippen LogP contribution in [0, 0.1) is 10.1 Å². The molecule has 0 aliphatic carbocycles. The smallest absolute Gasteiger partial charge is 0.283 e. The zero-order valence-electron chi connectivity index (χ0n) is 11.2. The van der Waals surface area contributed by atoms with Crippen molar-refractivity contribution in [3.8, 4) is 0 Å². The molecular formula is C13H17N3O3S. The molecule has 0 atom stereocenters. The highest BCUT2D eigenvalue weighted by molar-refractivity contribution is 7.98. The number of nitrogens with zero attached hydrogens (tertiary/aromatic N) is 1. The number of hydrogen-bond donors (Lipinski definition) is 2. The van der Waals surface area contributed by atoms with E-state index in [9.17, 15) is 14.9 Å². The van der Waals surface area contributed by atoms with Crippen molar-refractivity contribution < 1.29 is 9.72 Å². The highest BCUT2D eigenvalue weighted by Gasteiger charge is 2.20. The van der Waals surface area contributed by atoms with Crippen LogP contribution in [0.4, 0.5) is 5.69 Å². The fraction of sp³-hybridized carbons (Fsp3) is 0.462. The second-order valence-corrected chi connectivity index (χ2v) is 5.49. The minimum absolute atomic E-state index is 0.0181. The molecule has 0 unspecified atom stereocenters. The fourth-order valence-electron chi connectivity index (χ4n) is 2.21. The van der Waals surface area contributed by atoms with Crippen LogP contribution < -0.4 is 10.6 Å². The van der Waals surface area contributed by atoms with E-state index in [1.807, 2.05) is 0 Å². The maximum atomic E-state index is 12.1. The molecule has 2 rings (SSSR count). The number of amides is 1. The van der Waals surface area contributed by atoms with Crippen molar-refractivity contribution in [2.75, 3.05) is 19.3 Å². The molecule has 7 heteroatoms. The third-order valence-corrected chi connectivity index (χ3v) is 4.10. The lowest BCUT2D eigenvalue weighted by molar-refractivity contribution is -0.387. The van der Waals surface area contributed by atoms with E-state index < -0.39 is 4.92 Å². The van der Waals surface area contributed by atoms with Gasteiger partial charge in [-0.2, -0.15) is 0 Å². The van der Waals surface area contributed by atoms with E-state index in [1.165, 1.54) is 17.8 Å². The summed E-state index contributed by atoms with van der Waals surface area (Å²) in [6.45, 7) is 1.77. The highest BCUT2D eigenvalue weighted by Crippen LogP contribution is 2.28. The Kier molecular flexibility index (Phi) is 4.97. The van der Waals surface area contributed by atoms with E-state index >= 15 is 0 Å². The first-order chi connectivity index (χ1) is 9.61. The van der Waals surface area contributed by atoms with Gasteiger partial charge in [-0.25, -0.2) is 0 Å². The second kappa shape index (κ2) is 6.71. The third kappa shape index (κ3) is 3.49. The van der Waals surface area contributed by atoms with Gasteiger partial charge in [0.1, 0.15) is 0 Å². The van der Waals surface area contributed by atoms with Crippen molar-refractivity contribution in [3.63, 3.8) is 0 Å². The van der Waals surface area contributed by atoms with Crippen LogP contribution in [-0.4, -0.2) is 36.2 Å². The molecule has 1 heterocycles. The van der Waals surface area contributed by atoms with Gasteiger partial charge in [0.2, 0.25) is 0 Å². The Hall–Kier alpha value is -1.60. The highest BCUT2D eigenvalue weighted by atomic mass is 32.2. The van der Waals surface area contributed by atoms with Crippen LogP contribution >= 0.6 is 11.8 Å². The van der Waals surface area contributed by atoms with E-state index in [2.05, 4.69) is 10.6 Å². The summed E-state index contributed by atoms with van der Waals surface area (Å²) in [4.78, 5) is 23.2. The Balaban J connectivity index is 2.13. The van der Waals surface area contributed by atoms with Gasteiger partial charge >= 0.3 is 0 Å². The van der Waals surface area contributed by atoms with Gasteiger partial charge in [0.05, 0.1) is 9.82 Å². The molecule has 20 heavy (non-hydrogen) atoms. The fourth-order valence-corrected chi connectivity index (χ4v) is 2.76. The van der Waals surface area contributed by atoms with Crippen molar-refractivity contribution >= 4 is 23.4 Å². The van der Waals surface area contributed by atoms with Crippen LogP contribution in [0.2, 0.25) is 0 Å². The van der Waals surface area contributed by atoms with Gasteiger partial charge in [-0.15, -0.1) is 11.8 Å². The van der Waals surface area contributed by atoms with Crippen LogP contribution in [-0.2, 0) is 0 Å². The zero-order valence-corrected chi connectivity index (χ0v) is 12.0. The molecule has 0 saturated carbocycles. The van der Waals surface area contributed by atoms with Crippen molar-refractivity contribution in [1.29, 1.82) is 0 Å². The van der Waals surface area contributed by atoms with Gasteiger partial charge in [0, 0.05) is 17.7 Å². The van der Waals surface area contributed by atoms with E-state index in [0.29, 0.717) is 10.5 Å². The number of nitrogens with one attached hydrogen (secondary N) is 2. The summed E-state index contributed by atoms with van der Waals surface area (Å²) in [6.07, 6.45) is 3.55. The number of thioether (sulfide) groups is 1. The van der Waals surface area contributed by atoms with Crippen molar-refractivity contribution in [1.82, 2.24) is 10.6 Å². The first-order valence-electron chi connectivity index (χ1n) is 6.46. The Morgan fingerprint density at radius 2 is 2.15 bits per heavy atom. The average Bonchev–Trinajstić information content (AvgIpc) is 2.47. The quantitative estimate of drug-likeness (QED) is 0.502. The molecule has 0 radical (unpaired) electrons. The predicted octanol–water partition coefficient (Wildman–Crippen LogP) is 1.80. The number of carbonyl (C=O) groups is 1. The van der Waals surface area contributed by atoms with Gasteiger partial charge in [-0.3, -0.25) is 14.9 Å². The van der Waals surface area contributed by atoms with Crippen LogP contribution in [0.25, 0.3) is 0 Å². The molecule has 1 aromatic carbocycles. The molecule has 108 valence electrons. The lowest BCUT2D eigenvalue weighted by Gasteiger charge is -2.23. The van der Waals surface area contributed by atoms with Gasteiger partial charge < -0.3 is 10.6 Å². The Labute approximate surface area is 121 Å². The molecule has 1 amide bonds. The van der Waals surface area contributed by atoms with E-state index in [1.54, 1.807) is 18.4 Å². The SMILES string of the molecule is CSc1ccc(C(=O)NC2CCNCC2)cc1[N+](=O)[O-]. The van der Waals surface area contributed by atoms with Crippen molar-refractivity contribution in [3.05, 3.63) is 33.9 Å². The molecule has 1 fully saturated rings. The van der Waals surface area contributed by atoms with E-state index in [-0.39, 0.29) is 17.6 Å². The monoisotopic (exact) mass is 295 g/mol. The Morgan fingerprint density at radius 1 is 1.45 bits per heavy atom. The van der Waals surface area contributed by atoms with Gasteiger partial charge in [-0.1, -0.05) is 0 Å². The molecule has 0 bridgehead atoms. The molecular weight excluding hydrogens is 278 g/mol. The normalized spacial score (nSPS) is 15.8. The third-order valence-electron chi connectivity index (χ3n) is 3.31. The van der Waals surface area contributed by atoms with E-state index in [4.69, 9.17) is 0 Å². The molecule has 2 N–H and O–H groups in total. The van der Waals surface area contributed by atoms with Crippen LogP contribution in [0.3, 0.4) is 0 Å². The summed E-state index contributed by atoms with van der Waals surface area (Å²) in [6, 6.07) is 4.75. The van der Waals surface area contributed by atoms with Crippen molar-refractivity contribution in [2.24, 2.45) is 0 Å². The molecule has 0 spiro atoms. The molecule has 6 nitrogen and oxygen atoms in total. The number of hydrogen-bond acceptors (Lipinski definition) is 5. The largest absolute Gasteiger partial charge is 0.349 e. The Morgan fingerprint density at radius 3 is 2.75 bits per heavy atom. The van der Waals surface area contributed by atoms with Gasteiger partial charge in [0.25, 0.3) is 11.6 Å². The van der Waals surface area contributed by atoms with Crippen LogP contribution in [0.15, 0.2) is 23.1 Å². The van der Waals surface area contributed by atoms with Gasteiger partial charge in [-0.05, 0) is 44.3 Å². The number of nitro groups is 1. The zero-order chi connectivity index (χ0) is 14.5. The summed E-state index contributed by atoms with van der Waals surface area (Å²) in [7, 11) is 0. The minimum atomic E-state index is -0.451. The maximum absolute atomic E-state index is 12.1. The number of piperidine rings is 1. The summed E-state index contributed by atoms with van der Waals surface area (Å²) < 4.78 is 0. The second-order valence-electron chi connectivity index (χ2n) is 4.64. The average molecular weight is 295 g/mol. The topological polar surface area (TPSA) is 84.3 Å². The van der Waals surface area contributed by atoms with Crippen LogP contribution in [0.5, 0.6) is 0 Å². The molecule has 1 aromatic rings. The number of rotatable bonds is 4. The molecule has 1 saturated heterocycles. The molecule has 0 aromatic heterocycles. The summed E-state index contributed by atoms with van der Waals surface area (Å²) in [5.74, 6) is -0.243. The number of carbonyl (C=O) groups excluding carboxylic acids is 1. The summed E-state index contributed by atoms with van der Waals surface area (Å²) >= 11 is 1.30. The molecule has 1 aliphatic heterocycles. The van der Waals surface area contributed by atoms with Crippen LogP contribution in [0.1, 0.15) is 23.2 Å². The van der Waals surface area contributed by atoms with Gasteiger partial charge in [0.15, 0.2) is 0 Å². The summed E-state index contributed by atoms with van der Waals surface area (Å²) in [5, 5.41) is 17.2. The first kappa shape index (κ1) is 14.8. The maximum Gasteiger partial charge on any atom is 0.283 e. The van der Waals surface area contributed by atoms with Crippen molar-refractivity contribution in [2.45, 2.75) is 23.8 Å². The van der Waals surface area contributed by atoms with E-state index in [0.717, 1.165) is 25.9 Å². The minimum Gasteiger partial charge on any atom is -0.349 e. The first-order valence-corrected chi connectivity index (χ1v) is 7.68. The number of benzene rings is 1. The number of nitro benzene ring substituents is 1.